The maximum atomic E-state index is 12.2. The quantitative estimate of drug-likeness (QED) is 0.529. The molecular formula is C19H11N5O2. The Balaban J connectivity index is 1.87. The predicted octanol–water partition coefficient (Wildman–Crippen LogP) is 3.19. The highest BCUT2D eigenvalue weighted by Gasteiger charge is 2.19. The van der Waals surface area contributed by atoms with Crippen LogP contribution in [0.1, 0.15) is 0 Å². The molecule has 0 spiro atoms. The zero-order valence-corrected chi connectivity index (χ0v) is 13.4. The molecule has 0 aliphatic rings. The first-order valence-corrected chi connectivity index (χ1v) is 7.96. The van der Waals surface area contributed by atoms with E-state index in [0.717, 1.165) is 5.56 Å². The van der Waals surface area contributed by atoms with Crippen LogP contribution in [0, 0.1) is 0 Å². The number of aromatic nitrogens is 5. The van der Waals surface area contributed by atoms with Crippen molar-refractivity contribution in [2.75, 3.05) is 0 Å². The molecule has 1 aromatic carbocycles. The molecule has 5 aromatic rings. The van der Waals surface area contributed by atoms with E-state index in [9.17, 15) is 4.79 Å². The lowest BCUT2D eigenvalue weighted by atomic mass is 10.1. The normalized spacial score (nSPS) is 11.2. The first kappa shape index (κ1) is 14.5. The topological polar surface area (TPSA) is 97.6 Å². The summed E-state index contributed by atoms with van der Waals surface area (Å²) in [5, 5.41) is 0. The second-order valence-electron chi connectivity index (χ2n) is 5.67. The summed E-state index contributed by atoms with van der Waals surface area (Å²) in [6.45, 7) is 0. The molecule has 0 saturated carbocycles. The number of aromatic amines is 1. The Kier molecular flexibility index (Phi) is 3.11. The Bertz CT molecular complexity index is 1280. The summed E-state index contributed by atoms with van der Waals surface area (Å²) in [6, 6.07) is 14.6. The molecular weight excluding hydrogens is 330 g/mol. The summed E-state index contributed by atoms with van der Waals surface area (Å²) < 4.78 is 5.77. The summed E-state index contributed by atoms with van der Waals surface area (Å²) in [7, 11) is 0. The molecule has 0 aliphatic heterocycles. The van der Waals surface area contributed by atoms with Gasteiger partial charge in [0.2, 0.25) is 17.0 Å². The second kappa shape index (κ2) is 5.59. The van der Waals surface area contributed by atoms with Crippen molar-refractivity contribution in [2.45, 2.75) is 0 Å². The van der Waals surface area contributed by atoms with E-state index in [4.69, 9.17) is 4.42 Å². The highest BCUT2D eigenvalue weighted by molar-refractivity contribution is 5.83. The number of nitrogens with one attached hydrogen (secondary N) is 1. The van der Waals surface area contributed by atoms with Crippen molar-refractivity contribution in [3.63, 3.8) is 0 Å². The summed E-state index contributed by atoms with van der Waals surface area (Å²) >= 11 is 0. The van der Waals surface area contributed by atoms with Gasteiger partial charge in [0.1, 0.15) is 11.2 Å². The summed E-state index contributed by atoms with van der Waals surface area (Å²) in [4.78, 5) is 32.9. The average Bonchev–Trinajstić information content (AvgIpc) is 3.12. The molecule has 26 heavy (non-hydrogen) atoms. The van der Waals surface area contributed by atoms with Crippen molar-refractivity contribution < 1.29 is 4.42 Å². The monoisotopic (exact) mass is 341 g/mol. The minimum absolute atomic E-state index is 0.221. The molecule has 5 rings (SSSR count). The first-order chi connectivity index (χ1) is 12.8. The van der Waals surface area contributed by atoms with Crippen LogP contribution in [0.15, 0.2) is 70.1 Å². The van der Waals surface area contributed by atoms with Crippen molar-refractivity contribution in [1.29, 1.82) is 0 Å². The van der Waals surface area contributed by atoms with Gasteiger partial charge in [-0.25, -0.2) is 19.9 Å². The van der Waals surface area contributed by atoms with Crippen LogP contribution in [0.3, 0.4) is 0 Å². The molecule has 0 bridgehead atoms. The number of rotatable bonds is 2. The molecule has 1 N–H and O–H groups in total. The zero-order chi connectivity index (χ0) is 17.5. The molecule has 0 unspecified atom stereocenters. The maximum Gasteiger partial charge on any atom is 0.250 e. The van der Waals surface area contributed by atoms with Gasteiger partial charge in [0.25, 0.3) is 0 Å². The number of hydrogen-bond donors (Lipinski definition) is 1. The molecule has 7 heteroatoms. The van der Waals surface area contributed by atoms with Crippen LogP contribution in [-0.2, 0) is 0 Å². The Hall–Kier alpha value is -3.87. The largest absolute Gasteiger partial charge is 0.416 e. The van der Waals surface area contributed by atoms with Crippen LogP contribution >= 0.6 is 0 Å². The van der Waals surface area contributed by atoms with E-state index in [1.807, 2.05) is 30.3 Å². The zero-order valence-electron chi connectivity index (χ0n) is 13.4. The summed E-state index contributed by atoms with van der Waals surface area (Å²) in [5.41, 5.74) is 3.27. The molecule has 0 radical (unpaired) electrons. The lowest BCUT2D eigenvalue weighted by Gasteiger charge is -2.07. The van der Waals surface area contributed by atoms with E-state index in [1.54, 1.807) is 24.5 Å². The number of pyridine rings is 2. The van der Waals surface area contributed by atoms with Gasteiger partial charge >= 0.3 is 0 Å². The molecule has 0 amide bonds. The minimum atomic E-state index is -0.221. The molecule has 0 aliphatic carbocycles. The lowest BCUT2D eigenvalue weighted by Crippen LogP contribution is -2.06. The molecule has 4 heterocycles. The van der Waals surface area contributed by atoms with Crippen molar-refractivity contribution >= 4 is 22.4 Å². The number of nitrogens with zero attached hydrogens (tertiary/aromatic N) is 4. The van der Waals surface area contributed by atoms with E-state index in [-0.39, 0.29) is 16.8 Å². The fraction of sp³-hybridized carbons (Fsp3) is 0. The van der Waals surface area contributed by atoms with Crippen LogP contribution in [-0.4, -0.2) is 24.9 Å². The van der Waals surface area contributed by atoms with E-state index >= 15 is 0 Å². The van der Waals surface area contributed by atoms with E-state index in [2.05, 4.69) is 24.9 Å². The molecule has 0 fully saturated rings. The van der Waals surface area contributed by atoms with Gasteiger partial charge in [-0.15, -0.1) is 0 Å². The molecule has 7 nitrogen and oxygen atoms in total. The lowest BCUT2D eigenvalue weighted by molar-refractivity contribution is 0.605. The SMILES string of the molecule is O=c1cc[nH]c2nc(-c3ccccc3)c(-c3nc4cccnc4o3)nc12. The number of hydrogen-bond acceptors (Lipinski definition) is 6. The first-order valence-electron chi connectivity index (χ1n) is 7.96. The van der Waals surface area contributed by atoms with Crippen molar-refractivity contribution in [1.82, 2.24) is 24.9 Å². The molecule has 0 saturated heterocycles. The number of H-pyrrole nitrogens is 1. The Morgan fingerprint density at radius 3 is 2.62 bits per heavy atom. The van der Waals surface area contributed by atoms with Gasteiger partial charge in [0, 0.05) is 24.0 Å². The fourth-order valence-corrected chi connectivity index (χ4v) is 2.80. The van der Waals surface area contributed by atoms with E-state index in [0.29, 0.717) is 28.3 Å². The van der Waals surface area contributed by atoms with Gasteiger partial charge in [-0.3, -0.25) is 4.79 Å². The van der Waals surface area contributed by atoms with Gasteiger partial charge in [0.15, 0.2) is 16.9 Å². The number of benzene rings is 1. The Morgan fingerprint density at radius 2 is 1.77 bits per heavy atom. The summed E-state index contributed by atoms with van der Waals surface area (Å²) in [5.74, 6) is 0.273. The van der Waals surface area contributed by atoms with Crippen molar-refractivity contribution in [3.8, 4) is 22.8 Å². The second-order valence-corrected chi connectivity index (χ2v) is 5.67. The highest BCUT2D eigenvalue weighted by atomic mass is 16.4. The molecule has 4 aromatic heterocycles. The van der Waals surface area contributed by atoms with Crippen LogP contribution in [0.4, 0.5) is 0 Å². The van der Waals surface area contributed by atoms with Crippen molar-refractivity contribution in [3.05, 3.63) is 71.1 Å². The third-order valence-corrected chi connectivity index (χ3v) is 4.00. The third-order valence-electron chi connectivity index (χ3n) is 4.00. The molecule has 124 valence electrons. The number of fused-ring (bicyclic) bond motifs is 2. The Morgan fingerprint density at radius 1 is 0.885 bits per heavy atom. The van der Waals surface area contributed by atoms with Crippen LogP contribution in [0.5, 0.6) is 0 Å². The van der Waals surface area contributed by atoms with Crippen LogP contribution < -0.4 is 5.43 Å². The predicted molar refractivity (Wildman–Crippen MR) is 96.4 cm³/mol. The third kappa shape index (κ3) is 2.26. The maximum absolute atomic E-state index is 12.2. The fourth-order valence-electron chi connectivity index (χ4n) is 2.80. The van der Waals surface area contributed by atoms with Gasteiger partial charge in [0.05, 0.1) is 0 Å². The van der Waals surface area contributed by atoms with Crippen molar-refractivity contribution in [2.24, 2.45) is 0 Å². The van der Waals surface area contributed by atoms with Crippen LogP contribution in [0.25, 0.3) is 45.2 Å². The average molecular weight is 341 g/mol. The number of oxazole rings is 1. The molecule has 0 atom stereocenters. The minimum Gasteiger partial charge on any atom is -0.416 e. The van der Waals surface area contributed by atoms with Crippen LogP contribution in [0.2, 0.25) is 0 Å². The van der Waals surface area contributed by atoms with E-state index in [1.165, 1.54) is 6.07 Å². The van der Waals surface area contributed by atoms with Gasteiger partial charge < -0.3 is 9.40 Å². The van der Waals surface area contributed by atoms with Gasteiger partial charge in [-0.1, -0.05) is 30.3 Å². The van der Waals surface area contributed by atoms with Gasteiger partial charge in [-0.2, -0.15) is 0 Å². The smallest absolute Gasteiger partial charge is 0.250 e. The summed E-state index contributed by atoms with van der Waals surface area (Å²) in [6.07, 6.45) is 3.18. The standard InChI is InChI=1S/C19H11N5O2/c25-13-8-10-20-17-15(13)23-16(14(24-17)11-5-2-1-3-6-11)19-22-12-7-4-9-21-18(12)26-19/h1-10H,(H,20,24,25). The Labute approximate surface area is 146 Å². The van der Waals surface area contributed by atoms with Gasteiger partial charge in [-0.05, 0) is 12.1 Å². The van der Waals surface area contributed by atoms with E-state index < -0.39 is 0 Å². The highest BCUT2D eigenvalue weighted by Crippen LogP contribution is 2.30.